The Morgan fingerprint density at radius 1 is 0.394 bits per heavy atom. The first-order valence-electron chi connectivity index (χ1n) is 34.3. The van der Waals surface area contributed by atoms with Gasteiger partial charge in [0.05, 0.1) is 41.7 Å². The van der Waals surface area contributed by atoms with Crippen LogP contribution < -0.4 is 50.9 Å². The third kappa shape index (κ3) is 16.0. The van der Waals surface area contributed by atoms with E-state index in [1.54, 1.807) is 90.8 Å². The summed E-state index contributed by atoms with van der Waals surface area (Å²) in [6.45, 7) is 1.73. The van der Waals surface area contributed by atoms with Crippen molar-refractivity contribution < 1.29 is 66.4 Å². The number of benzene rings is 8. The summed E-state index contributed by atoms with van der Waals surface area (Å²) < 4.78 is 79.2. The van der Waals surface area contributed by atoms with Crippen molar-refractivity contribution in [1.29, 1.82) is 0 Å². The van der Waals surface area contributed by atoms with Gasteiger partial charge >= 0.3 is 23.3 Å². The maximum Gasteiger partial charge on any atom is 0.344 e. The highest BCUT2D eigenvalue weighted by molar-refractivity contribution is 5.72. The van der Waals surface area contributed by atoms with Gasteiger partial charge in [-0.25, -0.2) is 19.2 Å². The van der Waals surface area contributed by atoms with E-state index < -0.39 is 95.7 Å². The number of carbonyl (C=O) groups is 2. The smallest absolute Gasteiger partial charge is 0.344 e. The Labute approximate surface area is 600 Å². The second-order valence-electron chi connectivity index (χ2n) is 25.2. The molecular formula is C82H82N4O18. The highest BCUT2D eigenvalue weighted by Gasteiger charge is 2.47. The molecule has 538 valence electrons. The summed E-state index contributed by atoms with van der Waals surface area (Å²) in [6.07, 6.45) is -3.01. The van der Waals surface area contributed by atoms with Crippen molar-refractivity contribution >= 4 is 11.9 Å². The van der Waals surface area contributed by atoms with Crippen LogP contribution in [0.25, 0.3) is 0 Å². The quantitative estimate of drug-likeness (QED) is 0.0223. The third-order valence-corrected chi connectivity index (χ3v) is 18.8. The van der Waals surface area contributed by atoms with Crippen LogP contribution in [0, 0.1) is 13.8 Å². The summed E-state index contributed by atoms with van der Waals surface area (Å²) in [5, 5.41) is 0. The van der Waals surface area contributed by atoms with Crippen LogP contribution in [0.15, 0.2) is 250 Å². The van der Waals surface area contributed by atoms with E-state index in [4.69, 9.17) is 56.8 Å². The SMILES string of the molecule is COc1ccc(C(OC[C@H]2O[C@@H](n3cc(C)c(=O)n(CCCCn4c(=O)c(C)cn([C@H]5C[C@H](OC(=O)COc6ccccc6)[C@@H](COC(c6ccccc6)(c6ccc(OC)cc6)c6ccc(OC)cc6)O5)c4=O)c3=O)C[C@@H]2OC(=O)COc2ccccc2)(c2ccccc2)c2ccc(OC)cc2)cc1. The molecule has 0 radical (unpaired) electrons. The average Bonchev–Trinajstić information content (AvgIpc) is 0.840. The zero-order chi connectivity index (χ0) is 72.7. The molecule has 0 spiro atoms. The molecule has 22 heteroatoms. The highest BCUT2D eigenvalue weighted by atomic mass is 16.6. The number of hydrogen-bond donors (Lipinski definition) is 0. The first kappa shape index (κ1) is 72.5. The van der Waals surface area contributed by atoms with Gasteiger partial charge in [-0.15, -0.1) is 0 Å². The maximum absolute atomic E-state index is 14.9. The minimum atomic E-state index is -1.30. The lowest BCUT2D eigenvalue weighted by molar-refractivity contribution is -0.159. The number of nitrogens with zero attached hydrogens (tertiary/aromatic N) is 4. The van der Waals surface area contributed by atoms with Gasteiger partial charge < -0.3 is 56.8 Å². The van der Waals surface area contributed by atoms with E-state index in [9.17, 15) is 28.8 Å². The van der Waals surface area contributed by atoms with Crippen molar-refractivity contribution in [2.45, 2.75) is 101 Å². The standard InChI is InChI=1S/C82H82N4O18/c1-55-49-85(73-47-69(103-75(87)53-97-67-25-15-9-16-26-67)71(101-73)51-99-81(57-21-11-7-12-22-57,59-29-37-63(93-3)38-30-59)60-31-39-64(94-4)40-32-60)79(91)83(77(55)89)45-19-20-46-84-78(90)56(2)50-86(80(84)92)74-48-70(104-76(88)54-98-68-27-17-10-18-28-68)72(102-74)52-100-82(58-23-13-8-14-24-58,61-33-41-65(95-5)42-34-61)62-35-43-66(96-6)44-36-62/h7-18,21-44,49-50,69-74H,19-20,45-48,51-54H2,1-6H3/t69-,70-,71+,72+,73+,74+/m0/s1. The number of carbonyl (C=O) groups excluding carboxylic acids is 2. The number of hydrogen-bond acceptors (Lipinski definition) is 18. The summed E-state index contributed by atoms with van der Waals surface area (Å²) in [5.74, 6) is 2.03. The summed E-state index contributed by atoms with van der Waals surface area (Å²) >= 11 is 0. The van der Waals surface area contributed by atoms with Crippen LogP contribution >= 0.6 is 0 Å². The van der Waals surface area contributed by atoms with Crippen LogP contribution in [0.2, 0.25) is 0 Å². The molecule has 0 bridgehead atoms. The number of rotatable bonds is 31. The Balaban J connectivity index is 0.800. The zero-order valence-electron chi connectivity index (χ0n) is 58.6. The number of aromatic nitrogens is 4. The molecule has 6 atom stereocenters. The molecule has 2 aromatic heterocycles. The van der Waals surface area contributed by atoms with Gasteiger partial charge in [0, 0.05) is 49.5 Å². The van der Waals surface area contributed by atoms with Gasteiger partial charge in [0.1, 0.15) is 82.6 Å². The monoisotopic (exact) mass is 1410 g/mol. The van der Waals surface area contributed by atoms with Gasteiger partial charge in [-0.2, -0.15) is 0 Å². The lowest BCUT2D eigenvalue weighted by Crippen LogP contribution is -2.43. The van der Waals surface area contributed by atoms with E-state index in [1.807, 2.05) is 170 Å². The normalized spacial score (nSPS) is 17.2. The summed E-state index contributed by atoms with van der Waals surface area (Å²) in [5.41, 5.74) is -0.203. The van der Waals surface area contributed by atoms with E-state index >= 15 is 0 Å². The molecule has 8 aromatic carbocycles. The molecule has 12 rings (SSSR count). The molecule has 0 unspecified atom stereocenters. The lowest BCUT2D eigenvalue weighted by atomic mass is 9.80. The molecule has 104 heavy (non-hydrogen) atoms. The van der Waals surface area contributed by atoms with Crippen LogP contribution in [-0.2, 0) is 62.3 Å². The minimum absolute atomic E-state index is 0.0270. The number of para-hydroxylation sites is 2. The fourth-order valence-electron chi connectivity index (χ4n) is 13.4. The molecule has 2 aliphatic rings. The fraction of sp³-hybridized carbons (Fsp3) is 0.293. The predicted molar refractivity (Wildman–Crippen MR) is 386 cm³/mol. The Morgan fingerprint density at radius 2 is 0.683 bits per heavy atom. The average molecular weight is 1410 g/mol. The van der Waals surface area contributed by atoms with Crippen molar-refractivity contribution in [2.75, 3.05) is 54.9 Å². The van der Waals surface area contributed by atoms with Crippen LogP contribution in [-0.4, -0.2) is 109 Å². The first-order valence-corrected chi connectivity index (χ1v) is 34.3. The molecule has 2 aliphatic heterocycles. The van der Waals surface area contributed by atoms with Crippen molar-refractivity contribution in [3.05, 3.63) is 317 Å². The number of esters is 2. The molecule has 2 saturated heterocycles. The van der Waals surface area contributed by atoms with Crippen molar-refractivity contribution in [3.63, 3.8) is 0 Å². The number of methoxy groups -OCH3 is 4. The first-order chi connectivity index (χ1) is 50.6. The molecule has 10 aromatic rings. The molecular weight excluding hydrogens is 1330 g/mol. The Hall–Kier alpha value is -11.3. The van der Waals surface area contributed by atoms with Gasteiger partial charge in [0.15, 0.2) is 13.2 Å². The Morgan fingerprint density at radius 3 is 0.981 bits per heavy atom. The molecule has 0 saturated carbocycles. The number of aryl methyl sites for hydroxylation is 2. The summed E-state index contributed by atoms with van der Waals surface area (Å²) in [7, 11) is 6.35. The molecule has 0 amide bonds. The lowest BCUT2D eigenvalue weighted by Gasteiger charge is -2.37. The second-order valence-corrected chi connectivity index (χ2v) is 25.2. The van der Waals surface area contributed by atoms with E-state index in [-0.39, 0.29) is 63.1 Å². The number of ether oxygens (including phenoxy) is 12. The van der Waals surface area contributed by atoms with Crippen LogP contribution in [0.4, 0.5) is 0 Å². The van der Waals surface area contributed by atoms with E-state index in [0.29, 0.717) is 34.5 Å². The minimum Gasteiger partial charge on any atom is -0.497 e. The van der Waals surface area contributed by atoms with E-state index in [0.717, 1.165) is 42.5 Å². The largest absolute Gasteiger partial charge is 0.497 e. The Kier molecular flexibility index (Phi) is 23.2. The van der Waals surface area contributed by atoms with Crippen molar-refractivity contribution in [2.24, 2.45) is 0 Å². The molecule has 22 nitrogen and oxygen atoms in total. The summed E-state index contributed by atoms with van der Waals surface area (Å²) in [4.78, 5) is 85.7. The van der Waals surface area contributed by atoms with E-state index in [2.05, 4.69) is 0 Å². The molecule has 0 N–H and O–H groups in total. The van der Waals surface area contributed by atoms with Crippen LogP contribution in [0.5, 0.6) is 34.5 Å². The number of unbranched alkanes of at least 4 members (excludes halogenated alkanes) is 1. The fourth-order valence-corrected chi connectivity index (χ4v) is 13.4. The molecule has 2 fully saturated rings. The summed E-state index contributed by atoms with van der Waals surface area (Å²) in [6, 6.07) is 67.0. The maximum atomic E-state index is 14.9. The van der Waals surface area contributed by atoms with Gasteiger partial charge in [-0.1, -0.05) is 146 Å². The molecule has 4 heterocycles. The van der Waals surface area contributed by atoms with Gasteiger partial charge in [-0.3, -0.25) is 27.9 Å². The highest BCUT2D eigenvalue weighted by Crippen LogP contribution is 2.45. The topological polar surface area (TPSA) is 233 Å². The molecule has 0 aliphatic carbocycles. The zero-order valence-corrected chi connectivity index (χ0v) is 58.6. The van der Waals surface area contributed by atoms with Crippen LogP contribution in [0.1, 0.15) is 82.6 Å². The predicted octanol–water partition coefficient (Wildman–Crippen LogP) is 11.0. The van der Waals surface area contributed by atoms with Gasteiger partial charge in [0.2, 0.25) is 0 Å². The van der Waals surface area contributed by atoms with Crippen molar-refractivity contribution in [1.82, 2.24) is 18.3 Å². The second kappa shape index (κ2) is 33.2. The van der Waals surface area contributed by atoms with Crippen LogP contribution in [0.3, 0.4) is 0 Å². The van der Waals surface area contributed by atoms with Crippen molar-refractivity contribution in [3.8, 4) is 34.5 Å². The van der Waals surface area contributed by atoms with Gasteiger partial charge in [0.25, 0.3) is 11.1 Å². The van der Waals surface area contributed by atoms with E-state index in [1.165, 1.54) is 21.5 Å². The third-order valence-electron chi connectivity index (χ3n) is 18.8. The Bertz CT molecular complexity index is 4370. The van der Waals surface area contributed by atoms with Gasteiger partial charge in [-0.05, 0) is 133 Å².